The van der Waals surface area contributed by atoms with E-state index in [1.165, 1.54) is 4.31 Å². The third-order valence-corrected chi connectivity index (χ3v) is 4.80. The molecular formula is C15H24N2O2S. The number of likely N-dealkylation sites (N-methyl/N-ethyl adjacent to an activating group) is 1. The average Bonchev–Trinajstić information content (AvgIpc) is 2.38. The molecule has 0 bridgehead atoms. The van der Waals surface area contributed by atoms with Crippen molar-refractivity contribution >= 4 is 10.0 Å². The first-order valence-corrected chi connectivity index (χ1v) is 8.23. The fourth-order valence-corrected chi connectivity index (χ4v) is 3.38. The fourth-order valence-electron chi connectivity index (χ4n) is 1.93. The maximum absolute atomic E-state index is 12.6. The highest BCUT2D eigenvalue weighted by molar-refractivity contribution is 7.89. The van der Waals surface area contributed by atoms with E-state index >= 15 is 0 Å². The molecule has 0 aliphatic carbocycles. The Labute approximate surface area is 122 Å². The third kappa shape index (κ3) is 4.44. The van der Waals surface area contributed by atoms with E-state index in [9.17, 15) is 8.42 Å². The summed E-state index contributed by atoms with van der Waals surface area (Å²) in [5.74, 6) is 0. The number of hydrogen-bond acceptors (Lipinski definition) is 3. The Hall–Kier alpha value is -1.17. The molecule has 112 valence electrons. The summed E-state index contributed by atoms with van der Waals surface area (Å²) in [6.07, 6.45) is 1.02. The molecule has 0 spiro atoms. The molecule has 0 saturated carbocycles. The second-order valence-electron chi connectivity index (χ2n) is 5.00. The Kier molecular flexibility index (Phi) is 6.39. The molecule has 20 heavy (non-hydrogen) atoms. The van der Waals surface area contributed by atoms with Crippen molar-refractivity contribution in [1.82, 2.24) is 9.62 Å². The molecule has 0 atom stereocenters. The van der Waals surface area contributed by atoms with Gasteiger partial charge in [-0.05, 0) is 31.5 Å². The van der Waals surface area contributed by atoms with E-state index in [-0.39, 0.29) is 0 Å². The van der Waals surface area contributed by atoms with Crippen LogP contribution in [0.25, 0.3) is 0 Å². The second kappa shape index (κ2) is 7.57. The largest absolute Gasteiger partial charge is 0.313 e. The van der Waals surface area contributed by atoms with Gasteiger partial charge in [-0.3, -0.25) is 0 Å². The smallest absolute Gasteiger partial charge is 0.243 e. The van der Waals surface area contributed by atoms with Crippen molar-refractivity contribution in [3.63, 3.8) is 0 Å². The summed E-state index contributed by atoms with van der Waals surface area (Å²) >= 11 is 0. The van der Waals surface area contributed by atoms with Gasteiger partial charge in [0, 0.05) is 20.1 Å². The van der Waals surface area contributed by atoms with Gasteiger partial charge in [0.1, 0.15) is 0 Å². The number of nitrogens with zero attached hydrogens (tertiary/aromatic N) is 1. The van der Waals surface area contributed by atoms with Gasteiger partial charge in [0.2, 0.25) is 10.0 Å². The maximum atomic E-state index is 12.6. The van der Waals surface area contributed by atoms with Crippen molar-refractivity contribution in [3.05, 3.63) is 42.0 Å². The molecule has 0 aliphatic rings. The van der Waals surface area contributed by atoms with Crippen LogP contribution in [0, 0.1) is 0 Å². The van der Waals surface area contributed by atoms with Crippen LogP contribution < -0.4 is 5.32 Å². The van der Waals surface area contributed by atoms with E-state index in [2.05, 4.69) is 18.8 Å². The molecule has 5 heteroatoms. The second-order valence-corrected chi connectivity index (χ2v) is 7.02. The number of hydrogen-bond donors (Lipinski definition) is 1. The van der Waals surface area contributed by atoms with Crippen LogP contribution in [0.15, 0.2) is 41.3 Å². The standard InChI is InChI=1S/C15H24N2O2S/c1-5-10-16-11-14-8-6-7-9-15(14)20(18,19)17(4)12-13(2)3/h6-9,16H,2,5,10-12H2,1,3-4H3. The van der Waals surface area contributed by atoms with Gasteiger partial charge in [-0.1, -0.05) is 37.3 Å². The zero-order valence-corrected chi connectivity index (χ0v) is 13.3. The third-order valence-electron chi connectivity index (χ3n) is 2.90. The lowest BCUT2D eigenvalue weighted by Crippen LogP contribution is -2.29. The summed E-state index contributed by atoms with van der Waals surface area (Å²) in [6.45, 7) is 9.43. The van der Waals surface area contributed by atoms with Gasteiger partial charge >= 0.3 is 0 Å². The van der Waals surface area contributed by atoms with Gasteiger partial charge in [-0.25, -0.2) is 8.42 Å². The van der Waals surface area contributed by atoms with Gasteiger partial charge < -0.3 is 5.32 Å². The molecule has 1 aromatic carbocycles. The van der Waals surface area contributed by atoms with Crippen molar-refractivity contribution in [2.24, 2.45) is 0 Å². The molecule has 4 nitrogen and oxygen atoms in total. The first kappa shape index (κ1) is 16.9. The summed E-state index contributed by atoms with van der Waals surface area (Å²) in [6, 6.07) is 7.13. The molecule has 0 amide bonds. The van der Waals surface area contributed by atoms with Gasteiger partial charge in [0.15, 0.2) is 0 Å². The highest BCUT2D eigenvalue weighted by Crippen LogP contribution is 2.19. The van der Waals surface area contributed by atoms with E-state index in [0.29, 0.717) is 18.0 Å². The van der Waals surface area contributed by atoms with Crippen LogP contribution >= 0.6 is 0 Å². The van der Waals surface area contributed by atoms with Crippen LogP contribution in [0.3, 0.4) is 0 Å². The minimum Gasteiger partial charge on any atom is -0.313 e. The van der Waals surface area contributed by atoms with Crippen LogP contribution in [-0.4, -0.2) is 32.9 Å². The predicted molar refractivity (Wildman–Crippen MR) is 83.1 cm³/mol. The minimum atomic E-state index is -3.47. The zero-order chi connectivity index (χ0) is 15.2. The summed E-state index contributed by atoms with van der Waals surface area (Å²) in [5, 5.41) is 3.24. The van der Waals surface area contributed by atoms with Crippen LogP contribution in [0.4, 0.5) is 0 Å². The van der Waals surface area contributed by atoms with Crippen molar-refractivity contribution < 1.29 is 8.42 Å². The van der Waals surface area contributed by atoms with Crippen molar-refractivity contribution in [3.8, 4) is 0 Å². The highest BCUT2D eigenvalue weighted by Gasteiger charge is 2.23. The van der Waals surface area contributed by atoms with E-state index in [1.807, 2.05) is 19.1 Å². The Morgan fingerprint density at radius 3 is 2.60 bits per heavy atom. The molecule has 0 aromatic heterocycles. The number of benzene rings is 1. The van der Waals surface area contributed by atoms with Gasteiger partial charge in [0.05, 0.1) is 4.90 Å². The summed E-state index contributed by atoms with van der Waals surface area (Å²) in [7, 11) is -1.89. The summed E-state index contributed by atoms with van der Waals surface area (Å²) in [5.41, 5.74) is 1.62. The van der Waals surface area contributed by atoms with Crippen LogP contribution in [0.2, 0.25) is 0 Å². The maximum Gasteiger partial charge on any atom is 0.243 e. The van der Waals surface area contributed by atoms with Crippen LogP contribution in [0.1, 0.15) is 25.8 Å². The molecular weight excluding hydrogens is 272 g/mol. The van der Waals surface area contributed by atoms with Crippen LogP contribution in [-0.2, 0) is 16.6 Å². The Balaban J connectivity index is 3.02. The van der Waals surface area contributed by atoms with Gasteiger partial charge in [0.25, 0.3) is 0 Å². The number of nitrogens with one attached hydrogen (secondary N) is 1. The lowest BCUT2D eigenvalue weighted by molar-refractivity contribution is 0.491. The Morgan fingerprint density at radius 2 is 2.00 bits per heavy atom. The number of sulfonamides is 1. The molecule has 0 heterocycles. The average molecular weight is 296 g/mol. The Morgan fingerprint density at radius 1 is 1.35 bits per heavy atom. The first-order chi connectivity index (χ1) is 9.39. The van der Waals surface area contributed by atoms with Crippen molar-refractivity contribution in [2.45, 2.75) is 31.7 Å². The van der Waals surface area contributed by atoms with Crippen molar-refractivity contribution in [2.75, 3.05) is 20.1 Å². The zero-order valence-electron chi connectivity index (χ0n) is 12.5. The lowest BCUT2D eigenvalue weighted by atomic mass is 10.2. The SMILES string of the molecule is C=C(C)CN(C)S(=O)(=O)c1ccccc1CNCCC. The quantitative estimate of drug-likeness (QED) is 0.592. The monoisotopic (exact) mass is 296 g/mol. The summed E-state index contributed by atoms with van der Waals surface area (Å²) < 4.78 is 26.5. The summed E-state index contributed by atoms with van der Waals surface area (Å²) in [4.78, 5) is 0.368. The highest BCUT2D eigenvalue weighted by atomic mass is 32.2. The van der Waals surface area contributed by atoms with E-state index in [0.717, 1.165) is 24.1 Å². The number of rotatable bonds is 8. The molecule has 0 saturated heterocycles. The van der Waals surface area contributed by atoms with Crippen molar-refractivity contribution in [1.29, 1.82) is 0 Å². The minimum absolute atomic E-state index is 0.332. The fraction of sp³-hybridized carbons (Fsp3) is 0.467. The van der Waals surface area contributed by atoms with Crippen LogP contribution in [0.5, 0.6) is 0 Å². The normalized spacial score (nSPS) is 11.8. The predicted octanol–water partition coefficient (Wildman–Crippen LogP) is 2.38. The first-order valence-electron chi connectivity index (χ1n) is 6.79. The van der Waals surface area contributed by atoms with E-state index in [4.69, 9.17) is 0 Å². The van der Waals surface area contributed by atoms with Gasteiger partial charge in [-0.2, -0.15) is 4.31 Å². The molecule has 1 rings (SSSR count). The molecule has 0 aliphatic heterocycles. The molecule has 0 fully saturated rings. The Bertz CT molecular complexity index is 553. The molecule has 1 N–H and O–H groups in total. The van der Waals surface area contributed by atoms with Gasteiger partial charge in [-0.15, -0.1) is 0 Å². The van der Waals surface area contributed by atoms with E-state index in [1.54, 1.807) is 19.2 Å². The van der Waals surface area contributed by atoms with E-state index < -0.39 is 10.0 Å². The molecule has 0 radical (unpaired) electrons. The molecule has 1 aromatic rings. The molecule has 0 unspecified atom stereocenters. The topological polar surface area (TPSA) is 49.4 Å². The lowest BCUT2D eigenvalue weighted by Gasteiger charge is -2.19.